The molecule has 4 rings (SSSR count). The molecule has 43 heavy (non-hydrogen) atoms. The highest BCUT2D eigenvalue weighted by Gasteiger charge is 2.59. The van der Waals surface area contributed by atoms with Crippen molar-refractivity contribution in [1.29, 1.82) is 0 Å². The van der Waals surface area contributed by atoms with E-state index in [2.05, 4.69) is 52.9 Å². The van der Waals surface area contributed by atoms with Crippen molar-refractivity contribution >= 4 is 5.91 Å². The molecule has 8 atom stereocenters. The first-order chi connectivity index (χ1) is 20.7. The second-order valence-electron chi connectivity index (χ2n) is 16.6. The topological polar surface area (TPSA) is 38.3 Å². The van der Waals surface area contributed by atoms with Gasteiger partial charge in [-0.25, -0.2) is 0 Å². The number of amides is 1. The zero-order valence-corrected chi connectivity index (χ0v) is 29.5. The van der Waals surface area contributed by atoms with E-state index < -0.39 is 0 Å². The van der Waals surface area contributed by atoms with Gasteiger partial charge in [0.2, 0.25) is 5.91 Å². The van der Waals surface area contributed by atoms with Gasteiger partial charge in [-0.05, 0) is 117 Å². The van der Waals surface area contributed by atoms with Crippen LogP contribution >= 0.6 is 0 Å². The fourth-order valence-corrected chi connectivity index (χ4v) is 10.7. The Morgan fingerprint density at radius 2 is 1.70 bits per heavy atom. The first-order valence-corrected chi connectivity index (χ1v) is 19.3. The Labute approximate surface area is 267 Å². The predicted octanol–water partition coefficient (Wildman–Crippen LogP) is 11.1. The Bertz CT molecular complexity index is 880. The second-order valence-corrected chi connectivity index (χ2v) is 16.6. The SMILES string of the molecule is CCCCCCCNC(=O)CCCCCO[C@H]1CC[C@@]2(C)C(=CC[C@H]3[C@@H]4CC[C@H]([C@H](C)CCCC(C)C)[C@@]4(C)CC[C@@H]32)C1. The van der Waals surface area contributed by atoms with Gasteiger partial charge in [0, 0.05) is 19.6 Å². The minimum Gasteiger partial charge on any atom is -0.378 e. The van der Waals surface area contributed by atoms with E-state index in [0.29, 0.717) is 23.4 Å². The molecule has 3 nitrogen and oxygen atoms in total. The predicted molar refractivity (Wildman–Crippen MR) is 183 cm³/mol. The van der Waals surface area contributed by atoms with E-state index in [1.54, 1.807) is 5.57 Å². The molecule has 0 aliphatic heterocycles. The van der Waals surface area contributed by atoms with Crippen LogP contribution in [0.25, 0.3) is 0 Å². The molecule has 0 aromatic rings. The minimum atomic E-state index is 0.234. The number of hydrogen-bond donors (Lipinski definition) is 1. The number of unbranched alkanes of at least 4 members (excludes halogenated alkanes) is 6. The van der Waals surface area contributed by atoms with Gasteiger partial charge >= 0.3 is 0 Å². The molecule has 1 amide bonds. The summed E-state index contributed by atoms with van der Waals surface area (Å²) >= 11 is 0. The maximum absolute atomic E-state index is 12.1. The zero-order valence-electron chi connectivity index (χ0n) is 29.5. The molecule has 0 spiro atoms. The summed E-state index contributed by atoms with van der Waals surface area (Å²) in [5, 5.41) is 3.11. The Balaban J connectivity index is 1.17. The lowest BCUT2D eigenvalue weighted by Gasteiger charge is -2.58. The number of carbonyl (C=O) groups excluding carboxylic acids is 1. The number of ether oxygens (including phenoxy) is 1. The third-order valence-electron chi connectivity index (χ3n) is 13.3. The van der Waals surface area contributed by atoms with Crippen LogP contribution < -0.4 is 5.32 Å². The third-order valence-corrected chi connectivity index (χ3v) is 13.3. The number of fused-ring (bicyclic) bond motifs is 5. The van der Waals surface area contributed by atoms with Gasteiger partial charge in [-0.1, -0.05) is 105 Å². The van der Waals surface area contributed by atoms with Gasteiger partial charge in [0.1, 0.15) is 0 Å². The zero-order chi connectivity index (χ0) is 30.9. The fraction of sp³-hybridized carbons (Fsp3) is 0.925. The molecular formula is C40H71NO2. The maximum Gasteiger partial charge on any atom is 0.219 e. The first kappa shape index (κ1) is 35.0. The van der Waals surface area contributed by atoms with Gasteiger partial charge in [0.25, 0.3) is 0 Å². The van der Waals surface area contributed by atoms with Crippen LogP contribution in [0.2, 0.25) is 0 Å². The normalized spacial score (nSPS) is 34.3. The second kappa shape index (κ2) is 16.6. The van der Waals surface area contributed by atoms with E-state index in [9.17, 15) is 4.79 Å². The van der Waals surface area contributed by atoms with Crippen molar-refractivity contribution in [3.8, 4) is 0 Å². The average molecular weight is 598 g/mol. The Hall–Kier alpha value is -0.830. The van der Waals surface area contributed by atoms with Crippen LogP contribution in [0.5, 0.6) is 0 Å². The van der Waals surface area contributed by atoms with Crippen LogP contribution in [-0.4, -0.2) is 25.2 Å². The first-order valence-electron chi connectivity index (χ1n) is 19.3. The highest BCUT2D eigenvalue weighted by molar-refractivity contribution is 5.75. The summed E-state index contributed by atoms with van der Waals surface area (Å²) < 4.78 is 6.46. The monoisotopic (exact) mass is 598 g/mol. The minimum absolute atomic E-state index is 0.234. The molecule has 4 aliphatic carbocycles. The van der Waals surface area contributed by atoms with Gasteiger partial charge in [-0.2, -0.15) is 0 Å². The molecule has 0 unspecified atom stereocenters. The summed E-state index contributed by atoms with van der Waals surface area (Å²) in [5.41, 5.74) is 2.74. The number of rotatable bonds is 18. The highest BCUT2D eigenvalue weighted by atomic mass is 16.5. The molecule has 1 N–H and O–H groups in total. The van der Waals surface area contributed by atoms with Crippen molar-refractivity contribution in [2.75, 3.05) is 13.2 Å². The molecule has 248 valence electrons. The van der Waals surface area contributed by atoms with Crippen LogP contribution in [0.3, 0.4) is 0 Å². The van der Waals surface area contributed by atoms with Crippen molar-refractivity contribution in [2.45, 2.75) is 176 Å². The highest BCUT2D eigenvalue weighted by Crippen LogP contribution is 2.67. The van der Waals surface area contributed by atoms with Gasteiger partial charge in [0.15, 0.2) is 0 Å². The lowest BCUT2D eigenvalue weighted by molar-refractivity contribution is -0.121. The fourth-order valence-electron chi connectivity index (χ4n) is 10.7. The lowest BCUT2D eigenvalue weighted by atomic mass is 9.47. The molecular weight excluding hydrogens is 526 g/mol. The van der Waals surface area contributed by atoms with Crippen molar-refractivity contribution in [2.24, 2.45) is 46.3 Å². The van der Waals surface area contributed by atoms with Gasteiger partial charge in [0.05, 0.1) is 6.10 Å². The van der Waals surface area contributed by atoms with Crippen LogP contribution in [0.1, 0.15) is 170 Å². The molecule has 3 saturated carbocycles. The van der Waals surface area contributed by atoms with Crippen LogP contribution in [0.4, 0.5) is 0 Å². The number of hydrogen-bond acceptors (Lipinski definition) is 2. The Morgan fingerprint density at radius 1 is 0.907 bits per heavy atom. The van der Waals surface area contributed by atoms with Crippen LogP contribution in [-0.2, 0) is 9.53 Å². The van der Waals surface area contributed by atoms with Crippen LogP contribution in [0.15, 0.2) is 11.6 Å². The molecule has 0 bridgehead atoms. The largest absolute Gasteiger partial charge is 0.378 e. The Kier molecular flexibility index (Phi) is 13.6. The molecule has 3 fully saturated rings. The van der Waals surface area contributed by atoms with E-state index >= 15 is 0 Å². The van der Waals surface area contributed by atoms with E-state index in [1.807, 2.05) is 0 Å². The van der Waals surface area contributed by atoms with E-state index in [4.69, 9.17) is 4.74 Å². The summed E-state index contributed by atoms with van der Waals surface area (Å²) in [6.45, 7) is 16.7. The molecule has 0 aromatic carbocycles. The standard InChI is InChI=1S/C40H71NO2/c1-7-8-9-10-13-27-41-38(42)18-12-11-14-28-43-33-23-25-39(5)32(29-33)19-20-34-36-22-21-35(31(4)17-15-16-30(2)3)40(36,6)26-24-37(34)39/h19,30-31,33-37H,7-18,20-29H2,1-6H3,(H,41,42)/t31-,33+,34+,35-,36+,37+,39+,40-/m1/s1. The van der Waals surface area contributed by atoms with E-state index in [-0.39, 0.29) is 5.91 Å². The summed E-state index contributed by atoms with van der Waals surface area (Å²) in [4.78, 5) is 12.1. The van der Waals surface area contributed by atoms with Crippen molar-refractivity contribution < 1.29 is 9.53 Å². The third kappa shape index (κ3) is 8.92. The quantitative estimate of drug-likeness (QED) is 0.126. The van der Waals surface area contributed by atoms with E-state index in [1.165, 1.54) is 89.9 Å². The van der Waals surface area contributed by atoms with Gasteiger partial charge in [-0.15, -0.1) is 0 Å². The number of nitrogens with one attached hydrogen (secondary N) is 1. The summed E-state index contributed by atoms with van der Waals surface area (Å²) in [6, 6.07) is 0. The van der Waals surface area contributed by atoms with Crippen LogP contribution in [0, 0.1) is 46.3 Å². The van der Waals surface area contributed by atoms with Gasteiger partial charge < -0.3 is 10.1 Å². The smallest absolute Gasteiger partial charge is 0.219 e. The molecule has 0 heterocycles. The summed E-state index contributed by atoms with van der Waals surface area (Å²) in [5.74, 6) is 5.67. The number of allylic oxidation sites excluding steroid dienone is 1. The lowest BCUT2D eigenvalue weighted by Crippen LogP contribution is -2.51. The molecule has 3 heteroatoms. The molecule has 0 aromatic heterocycles. The maximum atomic E-state index is 12.1. The average Bonchev–Trinajstić information content (AvgIpc) is 3.33. The molecule has 0 saturated heterocycles. The number of carbonyl (C=O) groups is 1. The van der Waals surface area contributed by atoms with E-state index in [0.717, 1.165) is 80.8 Å². The Morgan fingerprint density at radius 3 is 2.49 bits per heavy atom. The van der Waals surface area contributed by atoms with Crippen molar-refractivity contribution in [3.05, 3.63) is 11.6 Å². The summed E-state index contributed by atoms with van der Waals surface area (Å²) in [6.07, 6.45) is 28.4. The van der Waals surface area contributed by atoms with Crippen molar-refractivity contribution in [3.63, 3.8) is 0 Å². The van der Waals surface area contributed by atoms with Gasteiger partial charge in [-0.3, -0.25) is 4.79 Å². The molecule has 0 radical (unpaired) electrons. The summed E-state index contributed by atoms with van der Waals surface area (Å²) in [7, 11) is 0. The van der Waals surface area contributed by atoms with Crippen molar-refractivity contribution in [1.82, 2.24) is 5.32 Å². The molecule has 4 aliphatic rings.